The van der Waals surface area contributed by atoms with Crippen LogP contribution in [0.2, 0.25) is 0 Å². The third-order valence-corrected chi connectivity index (χ3v) is 3.30. The van der Waals surface area contributed by atoms with E-state index in [1.807, 2.05) is 0 Å². The van der Waals surface area contributed by atoms with Crippen molar-refractivity contribution in [2.75, 3.05) is 0 Å². The summed E-state index contributed by atoms with van der Waals surface area (Å²) in [5.41, 5.74) is 4.17. The van der Waals surface area contributed by atoms with Crippen molar-refractivity contribution < 1.29 is 0 Å². The Morgan fingerprint density at radius 3 is 2.24 bits per heavy atom. The monoisotopic (exact) mass is 230 g/mol. The van der Waals surface area contributed by atoms with Gasteiger partial charge in [-0.1, -0.05) is 63.0 Å². The summed E-state index contributed by atoms with van der Waals surface area (Å²) >= 11 is 0. The van der Waals surface area contributed by atoms with E-state index in [2.05, 4.69) is 51.1 Å². The molecule has 0 aliphatic carbocycles. The molecule has 0 bridgehead atoms. The van der Waals surface area contributed by atoms with Crippen molar-refractivity contribution in [3.05, 3.63) is 41.0 Å². The van der Waals surface area contributed by atoms with Gasteiger partial charge in [0.2, 0.25) is 0 Å². The van der Waals surface area contributed by atoms with E-state index >= 15 is 0 Å². The first-order chi connectivity index (χ1) is 8.25. The van der Waals surface area contributed by atoms with Gasteiger partial charge in [0.05, 0.1) is 0 Å². The maximum atomic E-state index is 2.33. The maximum absolute atomic E-state index is 2.33. The number of unbranched alkanes of at least 4 members (excludes halogenated alkanes) is 5. The molecule has 1 aromatic carbocycles. The van der Waals surface area contributed by atoms with Crippen LogP contribution in [0.3, 0.4) is 0 Å². The molecule has 0 N–H and O–H groups in total. The van der Waals surface area contributed by atoms with Crippen molar-refractivity contribution in [3.63, 3.8) is 0 Å². The van der Waals surface area contributed by atoms with Crippen LogP contribution in [0.25, 0.3) is 6.08 Å². The van der Waals surface area contributed by atoms with Crippen LogP contribution in [0.1, 0.15) is 62.1 Å². The number of benzene rings is 1. The van der Waals surface area contributed by atoms with E-state index in [4.69, 9.17) is 0 Å². The summed E-state index contributed by atoms with van der Waals surface area (Å²) in [5, 5.41) is 0. The van der Waals surface area contributed by atoms with Crippen LogP contribution >= 0.6 is 0 Å². The molecule has 0 spiro atoms. The first-order valence-corrected chi connectivity index (χ1v) is 6.98. The summed E-state index contributed by atoms with van der Waals surface area (Å²) in [6.45, 7) is 6.64. The second kappa shape index (κ2) is 8.11. The molecule has 0 radical (unpaired) electrons. The Balaban J connectivity index is 2.33. The van der Waals surface area contributed by atoms with Crippen LogP contribution in [-0.4, -0.2) is 0 Å². The second-order valence-corrected chi connectivity index (χ2v) is 4.91. The zero-order chi connectivity index (χ0) is 12.5. The summed E-state index contributed by atoms with van der Waals surface area (Å²) in [7, 11) is 0. The average Bonchev–Trinajstić information content (AvgIpc) is 2.31. The number of hydrogen-bond donors (Lipinski definition) is 0. The van der Waals surface area contributed by atoms with Crippen LogP contribution in [0.15, 0.2) is 24.3 Å². The fourth-order valence-electron chi connectivity index (χ4n) is 2.16. The van der Waals surface area contributed by atoms with Crippen molar-refractivity contribution >= 4 is 6.08 Å². The predicted molar refractivity (Wildman–Crippen MR) is 78.3 cm³/mol. The van der Waals surface area contributed by atoms with Crippen molar-refractivity contribution in [1.29, 1.82) is 0 Å². The number of allylic oxidation sites excluding steroid dienone is 1. The van der Waals surface area contributed by atoms with Crippen LogP contribution in [0.4, 0.5) is 0 Å². The fraction of sp³-hybridized carbons (Fsp3) is 0.529. The first kappa shape index (κ1) is 14.0. The zero-order valence-electron chi connectivity index (χ0n) is 11.6. The lowest BCUT2D eigenvalue weighted by atomic mass is 10.0. The van der Waals surface area contributed by atoms with Gasteiger partial charge in [0.15, 0.2) is 0 Å². The molecule has 1 rings (SSSR count). The highest BCUT2D eigenvalue weighted by atomic mass is 14.0. The Morgan fingerprint density at radius 2 is 1.59 bits per heavy atom. The Kier molecular flexibility index (Phi) is 6.69. The molecule has 1 aromatic rings. The third kappa shape index (κ3) is 5.21. The smallest absolute Gasteiger partial charge is 0.0201 e. The van der Waals surface area contributed by atoms with Gasteiger partial charge in [0.1, 0.15) is 0 Å². The molecule has 94 valence electrons. The number of rotatable bonds is 7. The molecule has 0 saturated carbocycles. The lowest BCUT2D eigenvalue weighted by Gasteiger charge is -2.04. The average molecular weight is 230 g/mol. The lowest BCUT2D eigenvalue weighted by Crippen LogP contribution is -1.85. The maximum Gasteiger partial charge on any atom is -0.0201 e. The Hall–Kier alpha value is -1.04. The minimum atomic E-state index is 1.22. The molecule has 0 fully saturated rings. The van der Waals surface area contributed by atoms with Crippen molar-refractivity contribution in [1.82, 2.24) is 0 Å². The summed E-state index contributed by atoms with van der Waals surface area (Å²) in [6.07, 6.45) is 12.7. The first-order valence-electron chi connectivity index (χ1n) is 6.98. The van der Waals surface area contributed by atoms with Gasteiger partial charge in [-0.25, -0.2) is 0 Å². The molecule has 0 heteroatoms. The fourth-order valence-corrected chi connectivity index (χ4v) is 2.16. The summed E-state index contributed by atoms with van der Waals surface area (Å²) < 4.78 is 0. The van der Waals surface area contributed by atoms with Gasteiger partial charge < -0.3 is 0 Å². The Labute approximate surface area is 107 Å². The van der Waals surface area contributed by atoms with E-state index in [0.717, 1.165) is 0 Å². The minimum Gasteiger partial charge on any atom is -0.0839 e. The van der Waals surface area contributed by atoms with Gasteiger partial charge in [0, 0.05) is 0 Å². The molecule has 0 amide bonds. The molecule has 0 heterocycles. The molecule has 0 unspecified atom stereocenters. The van der Waals surface area contributed by atoms with Gasteiger partial charge >= 0.3 is 0 Å². The minimum absolute atomic E-state index is 1.22. The van der Waals surface area contributed by atoms with E-state index in [1.165, 1.54) is 55.2 Å². The molecule has 0 saturated heterocycles. The molecule has 0 aliphatic heterocycles. The molecule has 0 atom stereocenters. The largest absolute Gasteiger partial charge is 0.0839 e. The normalized spacial score (nSPS) is 11.2. The lowest BCUT2D eigenvalue weighted by molar-refractivity contribution is 0.638. The Bertz CT molecular complexity index is 327. The summed E-state index contributed by atoms with van der Waals surface area (Å²) in [5.74, 6) is 0. The van der Waals surface area contributed by atoms with Crippen LogP contribution in [0.5, 0.6) is 0 Å². The predicted octanol–water partition coefficient (Wildman–Crippen LogP) is 5.68. The highest BCUT2D eigenvalue weighted by Crippen LogP contribution is 2.15. The third-order valence-electron chi connectivity index (χ3n) is 3.30. The van der Waals surface area contributed by atoms with E-state index in [1.54, 1.807) is 0 Å². The van der Waals surface area contributed by atoms with Crippen molar-refractivity contribution in [3.8, 4) is 0 Å². The van der Waals surface area contributed by atoms with Gasteiger partial charge in [-0.2, -0.15) is 0 Å². The second-order valence-electron chi connectivity index (χ2n) is 4.91. The quantitative estimate of drug-likeness (QED) is 0.529. The number of hydrogen-bond acceptors (Lipinski definition) is 0. The van der Waals surface area contributed by atoms with Gasteiger partial charge in [-0.3, -0.25) is 0 Å². The topological polar surface area (TPSA) is 0 Å². The number of aryl methyl sites for hydroxylation is 2. The molecule has 0 aliphatic rings. The standard InChI is InChI=1S/C17H26/c1-4-5-6-7-8-9-10-14-17-15(2)12-11-13-16(17)3/h10-14H,4-9H2,1-3H3/b14-10+. The van der Waals surface area contributed by atoms with Gasteiger partial charge in [-0.05, 0) is 43.4 Å². The van der Waals surface area contributed by atoms with Crippen LogP contribution < -0.4 is 0 Å². The van der Waals surface area contributed by atoms with Gasteiger partial charge in [-0.15, -0.1) is 0 Å². The molecular formula is C17H26. The van der Waals surface area contributed by atoms with Crippen molar-refractivity contribution in [2.45, 2.75) is 59.3 Å². The molecule has 0 aromatic heterocycles. The zero-order valence-corrected chi connectivity index (χ0v) is 11.6. The van der Waals surface area contributed by atoms with E-state index < -0.39 is 0 Å². The molecule has 0 nitrogen and oxygen atoms in total. The van der Waals surface area contributed by atoms with E-state index in [0.29, 0.717) is 0 Å². The van der Waals surface area contributed by atoms with E-state index in [-0.39, 0.29) is 0 Å². The summed E-state index contributed by atoms with van der Waals surface area (Å²) in [4.78, 5) is 0. The highest BCUT2D eigenvalue weighted by molar-refractivity contribution is 5.57. The van der Waals surface area contributed by atoms with Crippen LogP contribution in [-0.2, 0) is 0 Å². The van der Waals surface area contributed by atoms with Crippen molar-refractivity contribution in [2.24, 2.45) is 0 Å². The summed E-state index contributed by atoms with van der Waals surface area (Å²) in [6, 6.07) is 6.51. The van der Waals surface area contributed by atoms with Crippen LogP contribution in [0, 0.1) is 13.8 Å². The SMILES string of the molecule is CCCCCCC/C=C/c1c(C)cccc1C. The Morgan fingerprint density at radius 1 is 0.941 bits per heavy atom. The van der Waals surface area contributed by atoms with Gasteiger partial charge in [0.25, 0.3) is 0 Å². The molecular weight excluding hydrogens is 204 g/mol. The van der Waals surface area contributed by atoms with E-state index in [9.17, 15) is 0 Å². The highest BCUT2D eigenvalue weighted by Gasteiger charge is 1.96. The molecule has 17 heavy (non-hydrogen) atoms.